The fourth-order valence-corrected chi connectivity index (χ4v) is 5.01. The number of tetrazole rings is 1. The lowest BCUT2D eigenvalue weighted by Gasteiger charge is -2.40. The maximum atomic E-state index is 13.5. The maximum Gasteiger partial charge on any atom is 0.253 e. The van der Waals surface area contributed by atoms with Gasteiger partial charge in [0.1, 0.15) is 17.5 Å². The van der Waals surface area contributed by atoms with Crippen LogP contribution in [0.25, 0.3) is 10.9 Å². The summed E-state index contributed by atoms with van der Waals surface area (Å²) >= 11 is 0. The van der Waals surface area contributed by atoms with Crippen molar-refractivity contribution < 1.29 is 9.47 Å². The number of H-pyrrole nitrogens is 1. The summed E-state index contributed by atoms with van der Waals surface area (Å²) in [6.45, 7) is 9.43. The van der Waals surface area contributed by atoms with Gasteiger partial charge in [-0.1, -0.05) is 6.92 Å². The molecule has 2 aromatic heterocycles. The number of aromatic nitrogens is 5. The summed E-state index contributed by atoms with van der Waals surface area (Å²) in [6.07, 6.45) is 0.842. The summed E-state index contributed by atoms with van der Waals surface area (Å²) in [5.41, 5.74) is 2.07. The predicted molar refractivity (Wildman–Crippen MR) is 147 cm³/mol. The molecule has 10 nitrogen and oxygen atoms in total. The Kier molecular flexibility index (Phi) is 7.07. The van der Waals surface area contributed by atoms with Crippen LogP contribution < -0.4 is 19.9 Å². The molecule has 1 saturated heterocycles. The molecule has 0 aliphatic carbocycles. The van der Waals surface area contributed by atoms with Gasteiger partial charge in [0.05, 0.1) is 19.8 Å². The average molecular weight is 518 g/mol. The second-order valence-electron chi connectivity index (χ2n) is 10.2. The highest BCUT2D eigenvalue weighted by atomic mass is 16.5. The summed E-state index contributed by atoms with van der Waals surface area (Å²) in [7, 11) is 3.31. The fraction of sp³-hybridized carbons (Fsp3) is 0.429. The molecule has 0 unspecified atom stereocenters. The van der Waals surface area contributed by atoms with Crippen molar-refractivity contribution in [2.24, 2.45) is 0 Å². The number of pyridine rings is 1. The number of nitrogens with zero attached hydrogens (tertiary/aromatic N) is 6. The van der Waals surface area contributed by atoms with E-state index >= 15 is 0 Å². The Morgan fingerprint density at radius 1 is 0.974 bits per heavy atom. The smallest absolute Gasteiger partial charge is 0.253 e. The lowest BCUT2D eigenvalue weighted by Crippen LogP contribution is -2.49. The Bertz CT molecular complexity index is 1450. The number of fused-ring (bicyclic) bond motifs is 1. The van der Waals surface area contributed by atoms with E-state index in [-0.39, 0.29) is 11.1 Å². The third kappa shape index (κ3) is 4.83. The van der Waals surface area contributed by atoms with Crippen LogP contribution in [0, 0.1) is 0 Å². The van der Waals surface area contributed by atoms with Crippen molar-refractivity contribution in [1.29, 1.82) is 0 Å². The lowest BCUT2D eigenvalue weighted by atomic mass is 9.98. The largest absolute Gasteiger partial charge is 0.497 e. The van der Waals surface area contributed by atoms with Gasteiger partial charge in [-0.15, -0.1) is 5.10 Å². The molecule has 1 aliphatic rings. The van der Waals surface area contributed by atoms with Crippen LogP contribution in [0.4, 0.5) is 5.69 Å². The zero-order valence-corrected chi connectivity index (χ0v) is 22.6. The monoisotopic (exact) mass is 517 g/mol. The Labute approximate surface area is 222 Å². The Morgan fingerprint density at radius 3 is 2.32 bits per heavy atom. The minimum absolute atomic E-state index is 0.144. The minimum Gasteiger partial charge on any atom is -0.497 e. The molecule has 0 saturated carbocycles. The van der Waals surface area contributed by atoms with Crippen LogP contribution in [0.2, 0.25) is 0 Å². The number of methoxy groups -OCH3 is 2. The van der Waals surface area contributed by atoms with E-state index < -0.39 is 6.04 Å². The summed E-state index contributed by atoms with van der Waals surface area (Å²) in [5, 5.41) is 13.8. The molecule has 1 atom stereocenters. The van der Waals surface area contributed by atoms with E-state index in [9.17, 15) is 4.79 Å². The minimum atomic E-state index is -0.409. The molecule has 0 radical (unpaired) electrons. The normalized spacial score (nSPS) is 15.6. The van der Waals surface area contributed by atoms with Crippen molar-refractivity contribution in [2.45, 2.75) is 38.8 Å². The molecule has 3 heterocycles. The summed E-state index contributed by atoms with van der Waals surface area (Å²) in [5.74, 6) is 2.24. The number of aromatic amines is 1. The van der Waals surface area contributed by atoms with Crippen LogP contribution >= 0.6 is 0 Å². The van der Waals surface area contributed by atoms with E-state index in [1.54, 1.807) is 14.2 Å². The number of ether oxygens (including phenoxy) is 2. The number of rotatable bonds is 8. The van der Waals surface area contributed by atoms with Crippen molar-refractivity contribution in [1.82, 2.24) is 30.1 Å². The van der Waals surface area contributed by atoms with Crippen molar-refractivity contribution in [3.63, 3.8) is 0 Å². The van der Waals surface area contributed by atoms with Crippen molar-refractivity contribution in [3.05, 3.63) is 70.3 Å². The highest BCUT2D eigenvalue weighted by Crippen LogP contribution is 2.32. The van der Waals surface area contributed by atoms with Crippen LogP contribution in [0.15, 0.2) is 53.3 Å². The quantitative estimate of drug-likeness (QED) is 0.378. The number of piperazine rings is 1. The number of nitrogens with one attached hydrogen (secondary N) is 1. The summed E-state index contributed by atoms with van der Waals surface area (Å²) in [4.78, 5) is 21.3. The molecule has 1 fully saturated rings. The first-order valence-electron chi connectivity index (χ1n) is 13.0. The molecule has 10 heteroatoms. The molecule has 1 N–H and O–H groups in total. The van der Waals surface area contributed by atoms with E-state index in [1.807, 2.05) is 41.1 Å². The van der Waals surface area contributed by atoms with Gasteiger partial charge < -0.3 is 19.4 Å². The number of hydrogen-bond donors (Lipinski definition) is 1. The first-order valence-corrected chi connectivity index (χ1v) is 13.0. The molecule has 4 aromatic rings. The maximum absolute atomic E-state index is 13.5. The molecule has 5 rings (SSSR count). The van der Waals surface area contributed by atoms with Gasteiger partial charge in [-0.25, -0.2) is 4.68 Å². The van der Waals surface area contributed by atoms with Crippen molar-refractivity contribution in [3.8, 4) is 11.5 Å². The van der Waals surface area contributed by atoms with Gasteiger partial charge in [0.25, 0.3) is 5.56 Å². The number of benzene rings is 2. The zero-order valence-electron chi connectivity index (χ0n) is 22.6. The second-order valence-corrected chi connectivity index (χ2v) is 10.2. The third-order valence-corrected chi connectivity index (χ3v) is 7.67. The molecule has 0 amide bonds. The molecule has 200 valence electrons. The van der Waals surface area contributed by atoms with Crippen LogP contribution in [0.1, 0.15) is 44.6 Å². The Hall–Kier alpha value is -3.92. The van der Waals surface area contributed by atoms with Gasteiger partial charge in [0.2, 0.25) is 0 Å². The second kappa shape index (κ2) is 10.4. The molecule has 0 bridgehead atoms. The van der Waals surface area contributed by atoms with Gasteiger partial charge in [0, 0.05) is 48.3 Å². The SMILES string of the molecule is CCC(C)(C)n1nnnc1[C@@H](c1cc2cc(OC)ccc2[nH]c1=O)N1CCN(c2ccc(OC)cc2)CC1. The van der Waals surface area contributed by atoms with E-state index in [0.29, 0.717) is 11.4 Å². The van der Waals surface area contributed by atoms with Gasteiger partial charge in [-0.05, 0) is 79.2 Å². The lowest BCUT2D eigenvalue weighted by molar-refractivity contribution is 0.186. The Balaban J connectivity index is 1.54. The van der Waals surface area contributed by atoms with Crippen LogP contribution in [0.3, 0.4) is 0 Å². The molecule has 0 spiro atoms. The van der Waals surface area contributed by atoms with E-state index in [4.69, 9.17) is 9.47 Å². The summed E-state index contributed by atoms with van der Waals surface area (Å²) in [6, 6.07) is 15.3. The molecular weight excluding hydrogens is 482 g/mol. The average Bonchev–Trinajstić information content (AvgIpc) is 3.44. The van der Waals surface area contributed by atoms with Crippen molar-refractivity contribution in [2.75, 3.05) is 45.3 Å². The third-order valence-electron chi connectivity index (χ3n) is 7.67. The highest BCUT2D eigenvalue weighted by Gasteiger charge is 2.35. The number of anilines is 1. The Morgan fingerprint density at radius 2 is 1.66 bits per heavy atom. The van der Waals surface area contributed by atoms with Gasteiger partial charge in [-0.3, -0.25) is 9.69 Å². The standard InChI is InChI=1S/C28H35N7O3/c1-6-28(2,3)35-26(30-31-32-35)25(23-18-19-17-22(38-5)11-12-24(19)29-27(23)36)34-15-13-33(14-16-34)20-7-9-21(37-4)10-8-20/h7-12,17-18,25H,6,13-16H2,1-5H3,(H,29,36)/t25-/m1/s1. The molecule has 38 heavy (non-hydrogen) atoms. The van der Waals surface area contributed by atoms with Crippen LogP contribution in [-0.4, -0.2) is 70.5 Å². The molecule has 2 aromatic carbocycles. The highest BCUT2D eigenvalue weighted by molar-refractivity contribution is 5.80. The predicted octanol–water partition coefficient (Wildman–Crippen LogP) is 3.59. The van der Waals surface area contributed by atoms with Gasteiger partial charge in [0.15, 0.2) is 5.82 Å². The van der Waals surface area contributed by atoms with E-state index in [0.717, 1.165) is 60.7 Å². The molecular formula is C28H35N7O3. The summed E-state index contributed by atoms with van der Waals surface area (Å²) < 4.78 is 12.6. The van der Waals surface area contributed by atoms with Crippen molar-refractivity contribution >= 4 is 16.6 Å². The van der Waals surface area contributed by atoms with Gasteiger partial charge in [-0.2, -0.15) is 0 Å². The van der Waals surface area contributed by atoms with Crippen LogP contribution in [0.5, 0.6) is 11.5 Å². The molecule has 1 aliphatic heterocycles. The first-order chi connectivity index (χ1) is 18.3. The first kappa shape index (κ1) is 25.7. The van der Waals surface area contributed by atoms with E-state index in [2.05, 4.69) is 63.2 Å². The zero-order chi connectivity index (χ0) is 26.9. The number of hydrogen-bond acceptors (Lipinski definition) is 8. The van der Waals surface area contributed by atoms with Gasteiger partial charge >= 0.3 is 0 Å². The topological polar surface area (TPSA) is 101 Å². The van der Waals surface area contributed by atoms with E-state index in [1.165, 1.54) is 0 Å². The van der Waals surface area contributed by atoms with Crippen LogP contribution in [-0.2, 0) is 5.54 Å². The fourth-order valence-electron chi connectivity index (χ4n) is 5.01.